The summed E-state index contributed by atoms with van der Waals surface area (Å²) >= 11 is 5.76. The molecule has 0 aliphatic heterocycles. The molecule has 0 spiro atoms. The summed E-state index contributed by atoms with van der Waals surface area (Å²) in [6.45, 7) is 0.128. The Balaban J connectivity index is 1.80. The number of carbonyl (C=O) groups excluding carboxylic acids is 2. The van der Waals surface area contributed by atoms with Crippen molar-refractivity contribution in [2.75, 3.05) is 10.6 Å². The van der Waals surface area contributed by atoms with Crippen molar-refractivity contribution in [1.29, 1.82) is 0 Å². The standard InChI is InChI=1S/C23H19ClF3N3O2/c24-12-14-4-6-15(7-5-14)21(31)30-20-11-19(9-8-17(20)13-28)29-22(32)16-2-1-3-18(10-16)23(25,26)27/h1-11H,12-13,28H2,(H,29,32)(H,30,31). The van der Waals surface area contributed by atoms with Gasteiger partial charge >= 0.3 is 6.18 Å². The van der Waals surface area contributed by atoms with Crippen LogP contribution in [0.1, 0.15) is 37.4 Å². The molecule has 2 amide bonds. The Hall–Kier alpha value is -3.36. The van der Waals surface area contributed by atoms with Gasteiger partial charge in [0.15, 0.2) is 0 Å². The van der Waals surface area contributed by atoms with Crippen molar-refractivity contribution in [2.45, 2.75) is 18.6 Å². The maximum absolute atomic E-state index is 12.9. The Labute approximate surface area is 187 Å². The maximum atomic E-state index is 12.9. The summed E-state index contributed by atoms with van der Waals surface area (Å²) in [7, 11) is 0. The second-order valence-corrected chi connectivity index (χ2v) is 7.16. The van der Waals surface area contributed by atoms with Crippen molar-refractivity contribution in [3.8, 4) is 0 Å². The molecule has 0 aliphatic carbocycles. The molecule has 0 aliphatic rings. The third-order valence-corrected chi connectivity index (χ3v) is 4.97. The zero-order valence-electron chi connectivity index (χ0n) is 16.7. The van der Waals surface area contributed by atoms with Crippen LogP contribution in [0.5, 0.6) is 0 Å². The average molecular weight is 462 g/mol. The molecule has 0 radical (unpaired) electrons. The van der Waals surface area contributed by atoms with E-state index in [0.29, 0.717) is 22.7 Å². The normalized spacial score (nSPS) is 11.2. The topological polar surface area (TPSA) is 84.2 Å². The average Bonchev–Trinajstić information content (AvgIpc) is 2.79. The van der Waals surface area contributed by atoms with Crippen molar-refractivity contribution < 1.29 is 22.8 Å². The highest BCUT2D eigenvalue weighted by atomic mass is 35.5. The van der Waals surface area contributed by atoms with E-state index >= 15 is 0 Å². The summed E-state index contributed by atoms with van der Waals surface area (Å²) in [5.41, 5.74) is 7.23. The molecule has 0 heterocycles. The number of anilines is 2. The maximum Gasteiger partial charge on any atom is 0.416 e. The molecule has 0 saturated heterocycles. The minimum Gasteiger partial charge on any atom is -0.326 e. The molecule has 4 N–H and O–H groups in total. The van der Waals surface area contributed by atoms with Crippen LogP contribution in [0.3, 0.4) is 0 Å². The van der Waals surface area contributed by atoms with Gasteiger partial charge < -0.3 is 16.4 Å². The number of halogens is 4. The van der Waals surface area contributed by atoms with Gasteiger partial charge in [0.25, 0.3) is 11.8 Å². The van der Waals surface area contributed by atoms with Crippen LogP contribution >= 0.6 is 11.6 Å². The SMILES string of the molecule is NCc1ccc(NC(=O)c2cccc(C(F)(F)F)c2)cc1NC(=O)c1ccc(CCl)cc1. The number of rotatable bonds is 6. The van der Waals surface area contributed by atoms with E-state index in [9.17, 15) is 22.8 Å². The van der Waals surface area contributed by atoms with Gasteiger partial charge in [0, 0.05) is 34.9 Å². The van der Waals surface area contributed by atoms with Crippen LogP contribution in [0.15, 0.2) is 66.7 Å². The first-order valence-electron chi connectivity index (χ1n) is 9.49. The Morgan fingerprint density at radius 1 is 0.875 bits per heavy atom. The molecule has 32 heavy (non-hydrogen) atoms. The number of nitrogens with two attached hydrogens (primary N) is 1. The summed E-state index contributed by atoms with van der Waals surface area (Å²) in [6.07, 6.45) is -4.56. The molecular weight excluding hydrogens is 443 g/mol. The Bertz CT molecular complexity index is 1130. The summed E-state index contributed by atoms with van der Waals surface area (Å²) < 4.78 is 38.7. The molecule has 3 aromatic carbocycles. The van der Waals surface area contributed by atoms with E-state index < -0.39 is 17.6 Å². The third-order valence-electron chi connectivity index (χ3n) is 4.66. The van der Waals surface area contributed by atoms with Gasteiger partial charge in [-0.05, 0) is 53.6 Å². The lowest BCUT2D eigenvalue weighted by Crippen LogP contribution is -2.16. The van der Waals surface area contributed by atoms with Gasteiger partial charge in [-0.25, -0.2) is 0 Å². The molecule has 166 valence electrons. The van der Waals surface area contributed by atoms with Gasteiger partial charge in [0.2, 0.25) is 0 Å². The number of amides is 2. The summed E-state index contributed by atoms with van der Waals surface area (Å²) in [4.78, 5) is 25.1. The molecule has 5 nitrogen and oxygen atoms in total. The fourth-order valence-electron chi connectivity index (χ4n) is 2.93. The van der Waals surface area contributed by atoms with E-state index in [1.165, 1.54) is 12.1 Å². The molecule has 0 saturated carbocycles. The molecule has 0 unspecified atom stereocenters. The van der Waals surface area contributed by atoms with Gasteiger partial charge in [-0.2, -0.15) is 13.2 Å². The van der Waals surface area contributed by atoms with Crippen LogP contribution < -0.4 is 16.4 Å². The number of hydrogen-bond acceptors (Lipinski definition) is 3. The Morgan fingerprint density at radius 3 is 2.19 bits per heavy atom. The highest BCUT2D eigenvalue weighted by Gasteiger charge is 2.30. The molecule has 3 aromatic rings. The van der Waals surface area contributed by atoms with Crippen LogP contribution in [0, 0.1) is 0 Å². The molecule has 3 rings (SSSR count). The van der Waals surface area contributed by atoms with Crippen molar-refractivity contribution >= 4 is 34.8 Å². The molecular formula is C23H19ClF3N3O2. The van der Waals surface area contributed by atoms with Gasteiger partial charge in [-0.15, -0.1) is 11.6 Å². The van der Waals surface area contributed by atoms with Crippen molar-refractivity contribution in [2.24, 2.45) is 5.73 Å². The van der Waals surface area contributed by atoms with Gasteiger partial charge in [-0.3, -0.25) is 9.59 Å². The number of alkyl halides is 4. The van der Waals surface area contributed by atoms with Gasteiger partial charge in [0.05, 0.1) is 5.56 Å². The highest BCUT2D eigenvalue weighted by Crippen LogP contribution is 2.30. The first-order chi connectivity index (χ1) is 15.2. The van der Waals surface area contributed by atoms with Crippen LogP contribution in [0.2, 0.25) is 0 Å². The van der Waals surface area contributed by atoms with E-state index in [0.717, 1.165) is 23.8 Å². The fourth-order valence-corrected chi connectivity index (χ4v) is 3.11. The van der Waals surface area contributed by atoms with Crippen molar-refractivity contribution in [1.82, 2.24) is 0 Å². The first kappa shape index (κ1) is 23.3. The second-order valence-electron chi connectivity index (χ2n) is 6.89. The van der Waals surface area contributed by atoms with Crippen LogP contribution in [0.25, 0.3) is 0 Å². The molecule has 0 fully saturated rings. The lowest BCUT2D eigenvalue weighted by molar-refractivity contribution is -0.137. The largest absolute Gasteiger partial charge is 0.416 e. The van der Waals surface area contributed by atoms with Crippen molar-refractivity contribution in [3.63, 3.8) is 0 Å². The van der Waals surface area contributed by atoms with Gasteiger partial charge in [0.1, 0.15) is 0 Å². The third kappa shape index (κ3) is 5.66. The van der Waals surface area contributed by atoms with Crippen molar-refractivity contribution in [3.05, 3.63) is 94.5 Å². The lowest BCUT2D eigenvalue weighted by Gasteiger charge is -2.14. The number of hydrogen-bond donors (Lipinski definition) is 3. The smallest absolute Gasteiger partial charge is 0.326 e. The zero-order valence-corrected chi connectivity index (χ0v) is 17.4. The minimum atomic E-state index is -4.56. The number of benzene rings is 3. The van der Waals surface area contributed by atoms with Gasteiger partial charge in [-0.1, -0.05) is 24.3 Å². The summed E-state index contributed by atoms with van der Waals surface area (Å²) in [5, 5.41) is 5.29. The van der Waals surface area contributed by atoms with E-state index in [1.807, 2.05) is 0 Å². The second kappa shape index (κ2) is 9.84. The van der Waals surface area contributed by atoms with E-state index in [-0.39, 0.29) is 23.7 Å². The van der Waals surface area contributed by atoms with Crippen LogP contribution in [0.4, 0.5) is 24.5 Å². The summed E-state index contributed by atoms with van der Waals surface area (Å²) in [6, 6.07) is 15.5. The number of nitrogens with one attached hydrogen (secondary N) is 2. The zero-order chi connectivity index (χ0) is 23.3. The van der Waals surface area contributed by atoms with Crippen LogP contribution in [-0.4, -0.2) is 11.8 Å². The molecule has 0 aromatic heterocycles. The minimum absolute atomic E-state index is 0.128. The lowest BCUT2D eigenvalue weighted by atomic mass is 10.1. The molecule has 0 bridgehead atoms. The highest BCUT2D eigenvalue weighted by molar-refractivity contribution is 6.17. The Kier molecular flexibility index (Phi) is 7.17. The van der Waals surface area contributed by atoms with E-state index in [1.54, 1.807) is 36.4 Å². The summed E-state index contributed by atoms with van der Waals surface area (Å²) in [5.74, 6) is -0.778. The Morgan fingerprint density at radius 2 is 1.56 bits per heavy atom. The fraction of sp³-hybridized carbons (Fsp3) is 0.130. The van der Waals surface area contributed by atoms with Crippen LogP contribution in [-0.2, 0) is 18.6 Å². The predicted octanol–water partition coefficient (Wildman–Crippen LogP) is 5.41. The monoisotopic (exact) mass is 461 g/mol. The molecule has 9 heteroatoms. The predicted molar refractivity (Wildman–Crippen MR) is 118 cm³/mol. The molecule has 0 atom stereocenters. The first-order valence-corrected chi connectivity index (χ1v) is 10.0. The van der Waals surface area contributed by atoms with E-state index in [4.69, 9.17) is 17.3 Å². The van der Waals surface area contributed by atoms with E-state index in [2.05, 4.69) is 10.6 Å². The number of carbonyl (C=O) groups is 2. The quantitative estimate of drug-likeness (QED) is 0.429.